The highest BCUT2D eigenvalue weighted by atomic mass is 32.2. The number of esters is 2. The number of unbranched alkanes of at least 4 members (excludes halogenated alkanes) is 6. The first-order chi connectivity index (χ1) is 24.4. The summed E-state index contributed by atoms with van der Waals surface area (Å²) in [5.41, 5.74) is 1.76. The van der Waals surface area contributed by atoms with Gasteiger partial charge >= 0.3 is 11.9 Å². The Morgan fingerprint density at radius 2 is 1.42 bits per heavy atom. The van der Waals surface area contributed by atoms with E-state index in [-0.39, 0.29) is 38.6 Å². The lowest BCUT2D eigenvalue weighted by molar-refractivity contribution is -0.669. The first-order valence-electron chi connectivity index (χ1n) is 18.2. The van der Waals surface area contributed by atoms with Gasteiger partial charge in [0.1, 0.15) is 4.70 Å². The van der Waals surface area contributed by atoms with E-state index in [9.17, 15) is 19.2 Å². The molecule has 3 aromatic carbocycles. The molecular formula is C40H49N2O6S2+. The molecule has 1 aromatic heterocycles. The van der Waals surface area contributed by atoms with Gasteiger partial charge in [-0.15, -0.1) is 0 Å². The highest BCUT2D eigenvalue weighted by Gasteiger charge is 2.29. The zero-order valence-electron chi connectivity index (χ0n) is 29.3. The summed E-state index contributed by atoms with van der Waals surface area (Å²) >= 11 is 3.23. The Morgan fingerprint density at radius 1 is 0.780 bits per heavy atom. The van der Waals surface area contributed by atoms with Crippen molar-refractivity contribution < 1.29 is 23.6 Å². The zero-order chi connectivity index (χ0) is 35.3. The summed E-state index contributed by atoms with van der Waals surface area (Å²) in [5, 5.41) is 1.19. The average molecular weight is 718 g/mol. The summed E-state index contributed by atoms with van der Waals surface area (Å²) in [6.45, 7) is 6.61. The molecule has 2 heterocycles. The maximum absolute atomic E-state index is 13.5. The summed E-state index contributed by atoms with van der Waals surface area (Å²) in [6, 6.07) is 16.3. The van der Waals surface area contributed by atoms with Gasteiger partial charge in [0.25, 0.3) is 5.01 Å². The first kappa shape index (κ1) is 37.5. The van der Waals surface area contributed by atoms with Crippen molar-refractivity contribution in [3.63, 3.8) is 0 Å². The van der Waals surface area contributed by atoms with Crippen molar-refractivity contribution in [1.29, 1.82) is 0 Å². The van der Waals surface area contributed by atoms with Gasteiger partial charge in [0.15, 0.2) is 6.54 Å². The molecule has 4 aromatic rings. The van der Waals surface area contributed by atoms with Crippen LogP contribution < -0.4 is 30.8 Å². The van der Waals surface area contributed by atoms with Gasteiger partial charge in [-0.2, -0.15) is 4.57 Å². The molecule has 0 radical (unpaired) electrons. The van der Waals surface area contributed by atoms with Gasteiger partial charge in [-0.25, -0.2) is 0 Å². The lowest BCUT2D eigenvalue weighted by atomic mass is 10.1. The van der Waals surface area contributed by atoms with Crippen molar-refractivity contribution in [2.24, 2.45) is 0 Å². The Balaban J connectivity index is 1.26. The number of aromatic nitrogens is 1. The predicted octanol–water partition coefficient (Wildman–Crippen LogP) is 6.14. The fraction of sp³-hybridized carbons (Fsp3) is 0.475. The molecule has 0 amide bonds. The van der Waals surface area contributed by atoms with Gasteiger partial charge in [-0.05, 0) is 62.8 Å². The average Bonchev–Trinajstić information content (AvgIpc) is 3.66. The molecule has 1 aliphatic rings. The Morgan fingerprint density at radius 3 is 2.12 bits per heavy atom. The van der Waals surface area contributed by atoms with Crippen molar-refractivity contribution in [1.82, 2.24) is 0 Å². The third-order valence-electron chi connectivity index (χ3n) is 8.99. The molecule has 50 heavy (non-hydrogen) atoms. The van der Waals surface area contributed by atoms with Crippen LogP contribution in [-0.2, 0) is 25.6 Å². The molecule has 1 unspecified atom stereocenters. The summed E-state index contributed by atoms with van der Waals surface area (Å²) in [5.74, 6) is -0.269. The molecule has 1 atom stereocenters. The third kappa shape index (κ3) is 9.72. The fourth-order valence-electron chi connectivity index (χ4n) is 6.12. The van der Waals surface area contributed by atoms with Crippen LogP contribution >= 0.6 is 23.1 Å². The van der Waals surface area contributed by atoms with E-state index in [2.05, 4.69) is 47.6 Å². The van der Waals surface area contributed by atoms with Crippen LogP contribution in [0.1, 0.15) is 95.9 Å². The Hall–Kier alpha value is -3.76. The summed E-state index contributed by atoms with van der Waals surface area (Å²) < 4.78 is 13.8. The number of carbonyl (C=O) groups excluding carboxylic acids is 2. The van der Waals surface area contributed by atoms with Crippen molar-refractivity contribution in [3.05, 3.63) is 84.4 Å². The number of hydrogen-bond acceptors (Lipinski definition) is 9. The molecule has 0 spiro atoms. The van der Waals surface area contributed by atoms with E-state index in [1.165, 1.54) is 0 Å². The van der Waals surface area contributed by atoms with Gasteiger partial charge in [0.05, 0.1) is 34.7 Å². The third-order valence-corrected chi connectivity index (χ3v) is 11.3. The Bertz CT molecular complexity index is 1910. The van der Waals surface area contributed by atoms with Crippen LogP contribution in [0.4, 0.5) is 5.69 Å². The number of hydrogen-bond donors (Lipinski definition) is 0. The number of aryl methyl sites for hydroxylation is 1. The normalized spacial score (nSPS) is 13.9. The van der Waals surface area contributed by atoms with E-state index in [1.807, 2.05) is 30.3 Å². The highest BCUT2D eigenvalue weighted by Crippen LogP contribution is 2.43. The minimum Gasteiger partial charge on any atom is -0.466 e. The smallest absolute Gasteiger partial charge is 0.305 e. The standard InChI is InChI=1S/C40H49N2O6S2/c1-3-5-25-47-37(43)21-9-7-15-23-41-31-17-11-13-19-33(31)49-35(41)27-29-39(45)30(40(29)46)28-36-42(32-18-12-14-20-34(32)50-36)24-16-8-10-22-38(44)48-26-6-4-2/h11-14,17-20,27-28,35H,3-10,15-16,21-26H2,1-2H3/q+1. The maximum Gasteiger partial charge on any atom is 0.305 e. The quantitative estimate of drug-likeness (QED) is 0.0612. The van der Waals surface area contributed by atoms with E-state index in [0.29, 0.717) is 26.1 Å². The highest BCUT2D eigenvalue weighted by molar-refractivity contribution is 8.00. The molecule has 0 fully saturated rings. The minimum atomic E-state index is -0.210. The molecule has 0 saturated heterocycles. The number of anilines is 1. The minimum absolute atomic E-state index is 0.133. The SMILES string of the molecule is CCCCOC(=O)CCCCCN1c2ccccc2SC1C=c1c(=O)c(=Cc2sc3ccccc3[n+]2CCCCCC(=O)OCCCC)c1=O. The van der Waals surface area contributed by atoms with Crippen LogP contribution in [-0.4, -0.2) is 37.1 Å². The maximum atomic E-state index is 13.5. The van der Waals surface area contributed by atoms with Crippen molar-refractivity contribution in [2.45, 2.75) is 108 Å². The molecule has 5 rings (SSSR count). The van der Waals surface area contributed by atoms with E-state index in [1.54, 1.807) is 29.2 Å². The molecule has 0 N–H and O–H groups in total. The van der Waals surface area contributed by atoms with Crippen LogP contribution in [0.5, 0.6) is 0 Å². The second kappa shape index (κ2) is 19.0. The van der Waals surface area contributed by atoms with Crippen molar-refractivity contribution in [3.8, 4) is 0 Å². The van der Waals surface area contributed by atoms with Gasteiger partial charge in [-0.3, -0.25) is 19.2 Å². The van der Waals surface area contributed by atoms with E-state index in [0.717, 1.165) is 103 Å². The first-order valence-corrected chi connectivity index (χ1v) is 19.9. The summed E-state index contributed by atoms with van der Waals surface area (Å²) in [4.78, 5) is 54.4. The van der Waals surface area contributed by atoms with Crippen LogP contribution in [0, 0.1) is 0 Å². The molecule has 0 saturated carbocycles. The second-order valence-corrected chi connectivity index (χ2v) is 15.0. The molecule has 0 aliphatic carbocycles. The molecule has 8 nitrogen and oxygen atoms in total. The van der Waals surface area contributed by atoms with Gasteiger partial charge in [0.2, 0.25) is 16.4 Å². The van der Waals surface area contributed by atoms with Gasteiger partial charge < -0.3 is 14.4 Å². The number of benzene rings is 2. The van der Waals surface area contributed by atoms with Crippen molar-refractivity contribution in [2.75, 3.05) is 24.7 Å². The molecular weight excluding hydrogens is 669 g/mol. The number of para-hydroxylation sites is 2. The number of thiazole rings is 1. The van der Waals surface area contributed by atoms with Crippen molar-refractivity contribution >= 4 is 63.1 Å². The Kier molecular flexibility index (Phi) is 14.3. The number of thioether (sulfide) groups is 1. The van der Waals surface area contributed by atoms with Crippen LogP contribution in [0.3, 0.4) is 0 Å². The van der Waals surface area contributed by atoms with Crippen LogP contribution in [0.25, 0.3) is 22.4 Å². The number of ether oxygens (including phenoxy) is 2. The van der Waals surface area contributed by atoms with E-state index < -0.39 is 0 Å². The summed E-state index contributed by atoms with van der Waals surface area (Å²) in [7, 11) is 0. The predicted molar refractivity (Wildman–Crippen MR) is 203 cm³/mol. The van der Waals surface area contributed by atoms with Crippen LogP contribution in [0.15, 0.2) is 63.0 Å². The zero-order valence-corrected chi connectivity index (χ0v) is 31.0. The number of carbonyl (C=O) groups is 2. The largest absolute Gasteiger partial charge is 0.466 e. The molecule has 266 valence electrons. The van der Waals surface area contributed by atoms with Gasteiger partial charge in [0, 0.05) is 42.8 Å². The van der Waals surface area contributed by atoms with E-state index >= 15 is 0 Å². The Labute approximate surface area is 302 Å². The van der Waals surface area contributed by atoms with E-state index in [4.69, 9.17) is 9.47 Å². The number of rotatable bonds is 20. The topological polar surface area (TPSA) is 93.9 Å². The lowest BCUT2D eigenvalue weighted by Gasteiger charge is -2.24. The molecule has 10 heteroatoms. The number of nitrogens with zero attached hydrogens (tertiary/aromatic N) is 2. The fourth-order valence-corrected chi connectivity index (χ4v) is 8.52. The number of fused-ring (bicyclic) bond motifs is 2. The second-order valence-electron chi connectivity index (χ2n) is 12.8. The van der Waals surface area contributed by atoms with Crippen LogP contribution in [0.2, 0.25) is 0 Å². The summed E-state index contributed by atoms with van der Waals surface area (Å²) in [6.07, 6.45) is 13.3. The van der Waals surface area contributed by atoms with Gasteiger partial charge in [-0.1, -0.05) is 80.5 Å². The molecule has 0 bridgehead atoms. The molecule has 1 aliphatic heterocycles. The lowest BCUT2D eigenvalue weighted by Crippen LogP contribution is -2.65. The monoisotopic (exact) mass is 717 g/mol.